The first kappa shape index (κ1) is 22.3. The number of unbranched alkanes of at least 4 members (excludes halogenated alkanes) is 2. The van der Waals surface area contributed by atoms with Crippen LogP contribution >= 0.6 is 0 Å². The van der Waals surface area contributed by atoms with Crippen LogP contribution in [0.4, 0.5) is 0 Å². The van der Waals surface area contributed by atoms with Gasteiger partial charge in [0.15, 0.2) is 0 Å². The molecule has 1 aromatic rings. The van der Waals surface area contributed by atoms with Crippen LogP contribution in [0.15, 0.2) is 30.0 Å². The molecule has 0 N–H and O–H groups in total. The van der Waals surface area contributed by atoms with Gasteiger partial charge in [-0.25, -0.2) is 0 Å². The van der Waals surface area contributed by atoms with Crippen molar-refractivity contribution in [2.45, 2.75) is 65.6 Å². The maximum absolute atomic E-state index is 13.4. The van der Waals surface area contributed by atoms with Crippen molar-refractivity contribution in [2.24, 2.45) is 0 Å². The summed E-state index contributed by atoms with van der Waals surface area (Å²) < 4.78 is 11.5. The van der Waals surface area contributed by atoms with Crippen LogP contribution < -0.4 is 4.74 Å². The Labute approximate surface area is 179 Å². The van der Waals surface area contributed by atoms with Gasteiger partial charge < -0.3 is 14.4 Å². The second-order valence-electron chi connectivity index (χ2n) is 8.23. The molecule has 6 nitrogen and oxygen atoms in total. The molecule has 6 heteroatoms. The Bertz CT molecular complexity index is 777. The van der Waals surface area contributed by atoms with E-state index in [0.29, 0.717) is 37.5 Å². The molecule has 2 amide bonds. The first-order valence-corrected chi connectivity index (χ1v) is 11.2. The minimum absolute atomic E-state index is 0.00404. The second kappa shape index (κ2) is 10.1. The number of amides is 2. The molecule has 0 radical (unpaired) electrons. The molecule has 30 heavy (non-hydrogen) atoms. The molecule has 2 heterocycles. The fraction of sp³-hybridized carbons (Fsp3) is 0.583. The average molecular weight is 415 g/mol. The van der Waals surface area contributed by atoms with E-state index < -0.39 is 0 Å². The molecule has 0 saturated carbocycles. The Morgan fingerprint density at radius 1 is 0.967 bits per heavy atom. The summed E-state index contributed by atoms with van der Waals surface area (Å²) in [6.07, 6.45) is 3.81. The van der Waals surface area contributed by atoms with E-state index in [0.717, 1.165) is 37.0 Å². The smallest absolute Gasteiger partial charge is 0.277 e. The largest absolute Gasteiger partial charge is 0.494 e. The van der Waals surface area contributed by atoms with Crippen LogP contribution in [-0.4, -0.2) is 60.1 Å². The van der Waals surface area contributed by atoms with Crippen molar-refractivity contribution >= 4 is 17.4 Å². The standard InChI is InChI=1S/C24H34N2O4/c1-5-7-8-13-26-23(27)21(19-9-11-20(12-10-19)29-14-6-2)22(24(26)28)25-15-17(3)30-18(4)16-25/h9-12,17-18H,5-8,13-16H2,1-4H3. The molecule has 1 saturated heterocycles. The predicted molar refractivity (Wildman–Crippen MR) is 117 cm³/mol. The fourth-order valence-corrected chi connectivity index (χ4v) is 4.14. The predicted octanol–water partition coefficient (Wildman–Crippen LogP) is 3.85. The number of carbonyl (C=O) groups excluding carboxylic acids is 2. The van der Waals surface area contributed by atoms with E-state index >= 15 is 0 Å². The van der Waals surface area contributed by atoms with E-state index in [1.54, 1.807) is 0 Å². The van der Waals surface area contributed by atoms with E-state index in [4.69, 9.17) is 9.47 Å². The Morgan fingerprint density at radius 3 is 2.23 bits per heavy atom. The van der Waals surface area contributed by atoms with Gasteiger partial charge in [0.05, 0.1) is 24.4 Å². The highest BCUT2D eigenvalue weighted by Gasteiger charge is 2.42. The lowest BCUT2D eigenvalue weighted by atomic mass is 10.0. The lowest BCUT2D eigenvalue weighted by Crippen LogP contribution is -2.47. The van der Waals surface area contributed by atoms with Gasteiger partial charge in [0, 0.05) is 19.6 Å². The normalized spacial score (nSPS) is 22.3. The number of carbonyl (C=O) groups is 2. The number of nitrogens with zero attached hydrogens (tertiary/aromatic N) is 2. The van der Waals surface area contributed by atoms with Crippen molar-refractivity contribution in [3.05, 3.63) is 35.5 Å². The van der Waals surface area contributed by atoms with Crippen LogP contribution in [0.3, 0.4) is 0 Å². The van der Waals surface area contributed by atoms with E-state index in [2.05, 4.69) is 13.8 Å². The molecule has 0 aromatic heterocycles. The third-order valence-electron chi connectivity index (χ3n) is 5.48. The van der Waals surface area contributed by atoms with Crippen LogP contribution in [-0.2, 0) is 14.3 Å². The fourth-order valence-electron chi connectivity index (χ4n) is 4.14. The molecular formula is C24H34N2O4. The summed E-state index contributed by atoms with van der Waals surface area (Å²) in [5.41, 5.74) is 1.78. The SMILES string of the molecule is CCCCCN1C(=O)C(c2ccc(OCCC)cc2)=C(N2CC(C)OC(C)C2)C1=O. The minimum atomic E-state index is -0.194. The molecule has 0 bridgehead atoms. The summed E-state index contributed by atoms with van der Waals surface area (Å²) in [6.45, 7) is 10.5. The maximum Gasteiger partial charge on any atom is 0.277 e. The number of benzene rings is 1. The first-order chi connectivity index (χ1) is 14.5. The molecule has 2 aliphatic rings. The van der Waals surface area contributed by atoms with E-state index in [-0.39, 0.29) is 24.0 Å². The van der Waals surface area contributed by atoms with Crippen LogP contribution in [0.25, 0.3) is 5.57 Å². The lowest BCUT2D eigenvalue weighted by Gasteiger charge is -2.37. The number of hydrogen-bond acceptors (Lipinski definition) is 5. The summed E-state index contributed by atoms with van der Waals surface area (Å²) in [7, 11) is 0. The summed E-state index contributed by atoms with van der Waals surface area (Å²) >= 11 is 0. The van der Waals surface area contributed by atoms with Crippen LogP contribution in [0.1, 0.15) is 58.9 Å². The summed E-state index contributed by atoms with van der Waals surface area (Å²) in [4.78, 5) is 30.2. The monoisotopic (exact) mass is 414 g/mol. The number of rotatable bonds is 9. The Balaban J connectivity index is 1.95. The minimum Gasteiger partial charge on any atom is -0.494 e. The van der Waals surface area contributed by atoms with Crippen LogP contribution in [0, 0.1) is 0 Å². The summed E-state index contributed by atoms with van der Waals surface area (Å²) in [5.74, 6) is 0.395. The van der Waals surface area contributed by atoms with Crippen molar-refractivity contribution < 1.29 is 19.1 Å². The quantitative estimate of drug-likeness (QED) is 0.454. The third-order valence-corrected chi connectivity index (χ3v) is 5.48. The van der Waals surface area contributed by atoms with E-state index in [9.17, 15) is 9.59 Å². The highest BCUT2D eigenvalue weighted by molar-refractivity contribution is 6.35. The van der Waals surface area contributed by atoms with Gasteiger partial charge in [-0.1, -0.05) is 38.8 Å². The Kier molecular flexibility index (Phi) is 7.53. The van der Waals surface area contributed by atoms with Crippen molar-refractivity contribution in [3.8, 4) is 5.75 Å². The topological polar surface area (TPSA) is 59.1 Å². The highest BCUT2D eigenvalue weighted by Crippen LogP contribution is 2.34. The molecular weight excluding hydrogens is 380 g/mol. The molecule has 164 valence electrons. The number of morpholine rings is 1. The maximum atomic E-state index is 13.4. The molecule has 2 aliphatic heterocycles. The van der Waals surface area contributed by atoms with Gasteiger partial charge in [-0.3, -0.25) is 14.5 Å². The van der Waals surface area contributed by atoms with Gasteiger partial charge in [0.1, 0.15) is 11.4 Å². The van der Waals surface area contributed by atoms with Crippen molar-refractivity contribution in [1.29, 1.82) is 0 Å². The number of hydrogen-bond donors (Lipinski definition) is 0. The van der Waals surface area contributed by atoms with E-state index in [1.807, 2.05) is 43.0 Å². The van der Waals surface area contributed by atoms with Gasteiger partial charge in [0.2, 0.25) is 0 Å². The molecule has 1 fully saturated rings. The van der Waals surface area contributed by atoms with Crippen LogP contribution in [0.2, 0.25) is 0 Å². The molecule has 0 aliphatic carbocycles. The van der Waals surface area contributed by atoms with Crippen molar-refractivity contribution in [3.63, 3.8) is 0 Å². The van der Waals surface area contributed by atoms with Crippen LogP contribution in [0.5, 0.6) is 5.75 Å². The zero-order valence-electron chi connectivity index (χ0n) is 18.6. The second-order valence-corrected chi connectivity index (χ2v) is 8.23. The zero-order valence-corrected chi connectivity index (χ0v) is 18.6. The average Bonchev–Trinajstić information content (AvgIpc) is 2.97. The highest BCUT2D eigenvalue weighted by atomic mass is 16.5. The summed E-state index contributed by atoms with van der Waals surface area (Å²) in [5, 5.41) is 0. The first-order valence-electron chi connectivity index (χ1n) is 11.2. The van der Waals surface area contributed by atoms with Gasteiger partial charge in [-0.15, -0.1) is 0 Å². The van der Waals surface area contributed by atoms with Gasteiger partial charge >= 0.3 is 0 Å². The number of imide groups is 1. The third kappa shape index (κ3) is 4.86. The van der Waals surface area contributed by atoms with Gasteiger partial charge in [-0.2, -0.15) is 0 Å². The lowest BCUT2D eigenvalue weighted by molar-refractivity contribution is -0.138. The van der Waals surface area contributed by atoms with Crippen molar-refractivity contribution in [2.75, 3.05) is 26.2 Å². The van der Waals surface area contributed by atoms with Crippen molar-refractivity contribution in [1.82, 2.24) is 9.80 Å². The molecule has 2 unspecified atom stereocenters. The molecule has 3 rings (SSSR count). The molecule has 2 atom stereocenters. The van der Waals surface area contributed by atoms with Gasteiger partial charge in [-0.05, 0) is 44.4 Å². The summed E-state index contributed by atoms with van der Waals surface area (Å²) in [6, 6.07) is 7.51. The Hall–Kier alpha value is -2.34. The Morgan fingerprint density at radius 2 is 1.63 bits per heavy atom. The number of ether oxygens (including phenoxy) is 2. The molecule has 0 spiro atoms. The zero-order chi connectivity index (χ0) is 21.7. The molecule has 1 aromatic carbocycles. The van der Waals surface area contributed by atoms with Gasteiger partial charge in [0.25, 0.3) is 11.8 Å². The van der Waals surface area contributed by atoms with E-state index in [1.165, 1.54) is 4.90 Å².